The van der Waals surface area contributed by atoms with Crippen molar-refractivity contribution in [1.82, 2.24) is 4.57 Å². The highest BCUT2D eigenvalue weighted by Crippen LogP contribution is 2.46. The highest BCUT2D eigenvalue weighted by atomic mass is 16.5. The third-order valence-corrected chi connectivity index (χ3v) is 8.20. The molecule has 0 unspecified atom stereocenters. The minimum atomic E-state index is -0.334. The molecule has 0 fully saturated rings. The van der Waals surface area contributed by atoms with Gasteiger partial charge in [0.2, 0.25) is 0 Å². The van der Waals surface area contributed by atoms with Gasteiger partial charge >= 0.3 is 11.9 Å². The first-order valence-electron chi connectivity index (χ1n) is 16.1. The van der Waals surface area contributed by atoms with E-state index in [2.05, 4.69) is 75.3 Å². The Hall–Kier alpha value is -5.63. The maximum absolute atomic E-state index is 12.7. The van der Waals surface area contributed by atoms with Gasteiger partial charge in [-0.05, 0) is 88.4 Å². The molecule has 47 heavy (non-hydrogen) atoms. The first kappa shape index (κ1) is 31.4. The number of anilines is 3. The Morgan fingerprint density at radius 1 is 0.723 bits per heavy atom. The molecule has 0 saturated heterocycles. The smallest absolute Gasteiger partial charge is 0.338 e. The lowest BCUT2D eigenvalue weighted by Gasteiger charge is -2.24. The number of fused-ring (bicyclic) bond motifs is 2. The standard InChI is InChI=1S/C39H39N4O4/c1-5-40-34-26-28(38(44)46-7-3)22-24-32(34)42(30-16-11-9-12-17-30)36(40)20-15-21-37-41(6-2)35-27-29(39(45)47-8-4)23-25-33(35)43(37)31-18-13-10-14-19-31/h9-27H,5-8H2,1-4H3/q+1. The molecular weight excluding hydrogens is 588 g/mol. The molecule has 0 radical (unpaired) electrons. The molecule has 0 aliphatic carbocycles. The van der Waals surface area contributed by atoms with E-state index in [1.54, 1.807) is 0 Å². The highest BCUT2D eigenvalue weighted by molar-refractivity contribution is 5.96. The number of para-hydroxylation sites is 2. The summed E-state index contributed by atoms with van der Waals surface area (Å²) in [6, 6.07) is 31.9. The van der Waals surface area contributed by atoms with E-state index in [0.29, 0.717) is 37.4 Å². The van der Waals surface area contributed by atoms with Gasteiger partial charge in [0.1, 0.15) is 11.5 Å². The van der Waals surface area contributed by atoms with Gasteiger partial charge < -0.3 is 14.4 Å². The van der Waals surface area contributed by atoms with E-state index in [0.717, 1.165) is 45.4 Å². The summed E-state index contributed by atoms with van der Waals surface area (Å²) < 4.78 is 15.0. The summed E-state index contributed by atoms with van der Waals surface area (Å²) in [5.41, 5.74) is 6.92. The van der Waals surface area contributed by atoms with Gasteiger partial charge in [0.05, 0.1) is 42.3 Å². The van der Waals surface area contributed by atoms with Crippen molar-refractivity contribution < 1.29 is 23.6 Å². The molecule has 8 heteroatoms. The zero-order valence-corrected chi connectivity index (χ0v) is 27.2. The van der Waals surface area contributed by atoms with Gasteiger partial charge in [-0.2, -0.15) is 4.57 Å². The molecule has 0 spiro atoms. The van der Waals surface area contributed by atoms with Crippen molar-refractivity contribution in [3.63, 3.8) is 0 Å². The van der Waals surface area contributed by atoms with Gasteiger partial charge in [0, 0.05) is 24.4 Å². The van der Waals surface area contributed by atoms with Gasteiger partial charge in [0.25, 0.3) is 5.82 Å². The van der Waals surface area contributed by atoms with Crippen molar-refractivity contribution in [3.05, 3.63) is 132 Å². The summed E-state index contributed by atoms with van der Waals surface area (Å²) in [5.74, 6) is 1.25. The lowest BCUT2D eigenvalue weighted by molar-refractivity contribution is -0.670. The number of esters is 2. The summed E-state index contributed by atoms with van der Waals surface area (Å²) in [4.78, 5) is 29.8. The molecule has 2 heterocycles. The van der Waals surface area contributed by atoms with Crippen LogP contribution >= 0.6 is 0 Å². The van der Waals surface area contributed by atoms with Gasteiger partial charge in [-0.15, -0.1) is 0 Å². The number of aryl methyl sites for hydroxylation is 1. The first-order valence-corrected chi connectivity index (χ1v) is 16.1. The van der Waals surface area contributed by atoms with Crippen molar-refractivity contribution in [1.29, 1.82) is 0 Å². The number of hydrogen-bond acceptors (Lipinski definition) is 6. The first-order chi connectivity index (χ1) is 23.0. The van der Waals surface area contributed by atoms with E-state index in [4.69, 9.17) is 9.47 Å². The van der Waals surface area contributed by atoms with Gasteiger partial charge in [-0.1, -0.05) is 42.5 Å². The molecule has 1 aliphatic rings. The predicted molar refractivity (Wildman–Crippen MR) is 186 cm³/mol. The third-order valence-electron chi connectivity index (χ3n) is 8.20. The van der Waals surface area contributed by atoms with Crippen LogP contribution in [0.15, 0.2) is 115 Å². The number of benzene rings is 4. The Kier molecular flexibility index (Phi) is 9.20. The lowest BCUT2D eigenvalue weighted by Crippen LogP contribution is -2.35. The second-order valence-electron chi connectivity index (χ2n) is 10.9. The SMILES string of the molecule is CCOC(=O)c1ccc2c(c1)N(CC)/C(=C\C=C\c1n(-c3ccccc3)c3ccc(C(=O)OCC)cc3[n+]1CC)N2c1ccccc1. The predicted octanol–water partition coefficient (Wildman–Crippen LogP) is 7.82. The molecule has 0 N–H and O–H groups in total. The topological polar surface area (TPSA) is 67.9 Å². The fourth-order valence-corrected chi connectivity index (χ4v) is 6.19. The zero-order valence-electron chi connectivity index (χ0n) is 27.2. The largest absolute Gasteiger partial charge is 0.462 e. The second kappa shape index (κ2) is 13.8. The van der Waals surface area contributed by atoms with Crippen LogP contribution in [0, 0.1) is 0 Å². The van der Waals surface area contributed by atoms with Crippen molar-refractivity contribution in [2.45, 2.75) is 34.2 Å². The number of rotatable bonds is 10. The Morgan fingerprint density at radius 3 is 1.96 bits per heavy atom. The molecule has 5 aromatic rings. The number of carbonyl (C=O) groups is 2. The molecule has 4 aromatic carbocycles. The summed E-state index contributed by atoms with van der Waals surface area (Å²) in [5, 5.41) is 0. The maximum Gasteiger partial charge on any atom is 0.338 e. The monoisotopic (exact) mass is 627 g/mol. The third kappa shape index (κ3) is 5.90. The Bertz CT molecular complexity index is 1980. The second-order valence-corrected chi connectivity index (χ2v) is 10.9. The molecule has 1 aliphatic heterocycles. The van der Waals surface area contributed by atoms with Gasteiger partial charge in [-0.25, -0.2) is 14.2 Å². The Labute approximate surface area is 275 Å². The van der Waals surface area contributed by atoms with Crippen LogP contribution in [0.2, 0.25) is 0 Å². The number of hydrogen-bond donors (Lipinski definition) is 0. The van der Waals surface area contributed by atoms with Crippen LogP contribution < -0.4 is 14.4 Å². The molecular formula is C39H39N4O4+. The fourth-order valence-electron chi connectivity index (χ4n) is 6.19. The van der Waals surface area contributed by atoms with Crippen LogP contribution in [0.5, 0.6) is 0 Å². The number of nitrogens with zero attached hydrogens (tertiary/aromatic N) is 4. The van der Waals surface area contributed by atoms with Crippen molar-refractivity contribution in [2.75, 3.05) is 29.6 Å². The van der Waals surface area contributed by atoms with Gasteiger partial charge in [-0.3, -0.25) is 4.90 Å². The summed E-state index contributed by atoms with van der Waals surface area (Å²) >= 11 is 0. The quantitative estimate of drug-likeness (QED) is 0.116. The minimum absolute atomic E-state index is 0.321. The molecule has 0 atom stereocenters. The van der Waals surface area contributed by atoms with E-state index in [1.807, 2.05) is 86.6 Å². The molecule has 0 amide bonds. The Balaban J connectivity index is 1.50. The molecule has 8 nitrogen and oxygen atoms in total. The maximum atomic E-state index is 12.7. The average molecular weight is 628 g/mol. The lowest BCUT2D eigenvalue weighted by atomic mass is 10.1. The molecule has 0 bridgehead atoms. The van der Waals surface area contributed by atoms with Gasteiger partial charge in [0.15, 0.2) is 11.0 Å². The van der Waals surface area contributed by atoms with Crippen LogP contribution in [0.4, 0.5) is 17.1 Å². The zero-order chi connectivity index (χ0) is 32.9. The van der Waals surface area contributed by atoms with Crippen LogP contribution in [0.3, 0.4) is 0 Å². The average Bonchev–Trinajstić information content (AvgIpc) is 3.59. The normalized spacial score (nSPS) is 13.5. The molecule has 1 aromatic heterocycles. The fraction of sp³-hybridized carbons (Fsp3) is 0.205. The van der Waals surface area contributed by atoms with E-state index in [-0.39, 0.29) is 11.9 Å². The van der Waals surface area contributed by atoms with E-state index in [9.17, 15) is 9.59 Å². The Morgan fingerprint density at radius 2 is 1.34 bits per heavy atom. The highest BCUT2D eigenvalue weighted by Gasteiger charge is 2.32. The summed E-state index contributed by atoms with van der Waals surface area (Å²) in [6.45, 7) is 9.86. The molecule has 6 rings (SSSR count). The van der Waals surface area contributed by atoms with Crippen LogP contribution in [0.25, 0.3) is 22.8 Å². The van der Waals surface area contributed by atoms with Crippen molar-refractivity contribution in [3.8, 4) is 5.69 Å². The molecule has 0 saturated carbocycles. The van der Waals surface area contributed by atoms with Crippen LogP contribution in [-0.2, 0) is 16.0 Å². The van der Waals surface area contributed by atoms with E-state index >= 15 is 0 Å². The van der Waals surface area contributed by atoms with Crippen LogP contribution in [-0.4, -0.2) is 36.3 Å². The molecule has 238 valence electrons. The number of allylic oxidation sites excluding steroid dienone is 2. The van der Waals surface area contributed by atoms with E-state index in [1.165, 1.54) is 0 Å². The van der Waals surface area contributed by atoms with Crippen molar-refractivity contribution >= 4 is 46.1 Å². The van der Waals surface area contributed by atoms with Crippen LogP contribution in [0.1, 0.15) is 54.2 Å². The number of carbonyl (C=O) groups excluding carboxylic acids is 2. The van der Waals surface area contributed by atoms with Crippen molar-refractivity contribution in [2.24, 2.45) is 0 Å². The number of aromatic nitrogens is 2. The minimum Gasteiger partial charge on any atom is -0.462 e. The van der Waals surface area contributed by atoms with E-state index < -0.39 is 0 Å². The summed E-state index contributed by atoms with van der Waals surface area (Å²) in [7, 11) is 0. The summed E-state index contributed by atoms with van der Waals surface area (Å²) in [6.07, 6.45) is 6.29. The number of imidazole rings is 1. The number of ether oxygens (including phenoxy) is 2.